The van der Waals surface area contributed by atoms with Gasteiger partial charge in [-0.15, -0.1) is 0 Å². The van der Waals surface area contributed by atoms with Crippen LogP contribution in [-0.2, 0) is 14.8 Å². The van der Waals surface area contributed by atoms with Gasteiger partial charge < -0.3 is 5.32 Å². The predicted octanol–water partition coefficient (Wildman–Crippen LogP) is 4.10. The Morgan fingerprint density at radius 2 is 1.69 bits per heavy atom. The zero-order chi connectivity index (χ0) is 19.3. The number of nitrogens with one attached hydrogen (secondary N) is 1. The first-order chi connectivity index (χ1) is 13.0. The van der Waals surface area contributed by atoms with Crippen LogP contribution in [0.5, 0.6) is 0 Å². The molecule has 1 aliphatic heterocycles. The first kappa shape index (κ1) is 25.6. The summed E-state index contributed by atoms with van der Waals surface area (Å²) >= 11 is 0. The summed E-state index contributed by atoms with van der Waals surface area (Å²) in [6, 6.07) is 7.11. The van der Waals surface area contributed by atoms with Crippen LogP contribution in [0.3, 0.4) is 0 Å². The fourth-order valence-electron chi connectivity index (χ4n) is 4.09. The van der Waals surface area contributed by atoms with Crippen molar-refractivity contribution in [2.24, 2.45) is 5.92 Å². The van der Waals surface area contributed by atoms with E-state index >= 15 is 0 Å². The highest BCUT2D eigenvalue weighted by Gasteiger charge is 2.33. The zero-order valence-corrected chi connectivity index (χ0v) is 18.5. The summed E-state index contributed by atoms with van der Waals surface area (Å²) < 4.78 is 27.3. The van der Waals surface area contributed by atoms with Crippen molar-refractivity contribution >= 4 is 15.9 Å². The van der Waals surface area contributed by atoms with E-state index in [4.69, 9.17) is 0 Å². The molecule has 1 aromatic carbocycles. The van der Waals surface area contributed by atoms with Crippen molar-refractivity contribution in [3.8, 4) is 0 Å². The molecular formula is C23H35N2O3S. The SMILES string of the molecule is Cc1ccccc1S(=O)(=O)N1CCC(CNC(=O)[C]2CCCCCCC2)C1.[CH2].[CH2]. The van der Waals surface area contributed by atoms with Gasteiger partial charge in [0.25, 0.3) is 0 Å². The molecule has 5 radical (unpaired) electrons. The Bertz CT molecular complexity index is 740. The van der Waals surface area contributed by atoms with E-state index in [1.54, 1.807) is 16.4 Å². The molecule has 5 nitrogen and oxygen atoms in total. The summed E-state index contributed by atoms with van der Waals surface area (Å²) in [5.74, 6) is 1.29. The maximum atomic E-state index is 12.9. The number of benzene rings is 1. The molecule has 161 valence electrons. The highest BCUT2D eigenvalue weighted by Crippen LogP contribution is 2.27. The van der Waals surface area contributed by atoms with Crippen LogP contribution in [0.15, 0.2) is 29.2 Å². The first-order valence-corrected chi connectivity index (χ1v) is 11.6. The molecule has 1 amide bonds. The van der Waals surface area contributed by atoms with Gasteiger partial charge in [0.05, 0.1) is 10.8 Å². The highest BCUT2D eigenvalue weighted by molar-refractivity contribution is 7.89. The fourth-order valence-corrected chi connectivity index (χ4v) is 5.84. The Morgan fingerprint density at radius 3 is 2.34 bits per heavy atom. The lowest BCUT2D eigenvalue weighted by Gasteiger charge is -2.20. The molecule has 2 fully saturated rings. The van der Waals surface area contributed by atoms with Gasteiger partial charge in [-0.2, -0.15) is 4.31 Å². The number of aryl methyl sites for hydroxylation is 1. The van der Waals surface area contributed by atoms with E-state index in [0.29, 0.717) is 24.5 Å². The van der Waals surface area contributed by atoms with Crippen LogP contribution in [0.1, 0.15) is 56.9 Å². The lowest BCUT2D eigenvalue weighted by Crippen LogP contribution is -2.35. The molecular weight excluding hydrogens is 384 g/mol. The maximum absolute atomic E-state index is 12.9. The van der Waals surface area contributed by atoms with Crippen molar-refractivity contribution in [1.29, 1.82) is 0 Å². The number of nitrogens with zero attached hydrogens (tertiary/aromatic N) is 1. The Balaban J connectivity index is 0.00000210. The Hall–Kier alpha value is -1.40. The van der Waals surface area contributed by atoms with Crippen LogP contribution in [0.2, 0.25) is 0 Å². The third-order valence-electron chi connectivity index (χ3n) is 5.79. The second-order valence-corrected chi connectivity index (χ2v) is 9.77. The van der Waals surface area contributed by atoms with Crippen molar-refractivity contribution in [2.75, 3.05) is 19.6 Å². The largest absolute Gasteiger partial charge is 0.355 e. The van der Waals surface area contributed by atoms with Crippen molar-refractivity contribution in [3.05, 3.63) is 50.6 Å². The van der Waals surface area contributed by atoms with E-state index in [-0.39, 0.29) is 26.7 Å². The van der Waals surface area contributed by atoms with Crippen LogP contribution in [0.25, 0.3) is 0 Å². The van der Waals surface area contributed by atoms with E-state index in [0.717, 1.165) is 43.6 Å². The predicted molar refractivity (Wildman–Crippen MR) is 117 cm³/mol. The van der Waals surface area contributed by atoms with Crippen molar-refractivity contribution in [1.82, 2.24) is 9.62 Å². The second kappa shape index (κ2) is 11.7. The lowest BCUT2D eigenvalue weighted by atomic mass is 9.90. The van der Waals surface area contributed by atoms with Gasteiger partial charge in [0.15, 0.2) is 0 Å². The van der Waals surface area contributed by atoms with Crippen molar-refractivity contribution in [2.45, 2.75) is 63.2 Å². The summed E-state index contributed by atoms with van der Waals surface area (Å²) in [4.78, 5) is 12.9. The molecule has 1 saturated heterocycles. The van der Waals surface area contributed by atoms with Crippen LogP contribution in [0, 0.1) is 33.6 Å². The van der Waals surface area contributed by atoms with Crippen LogP contribution >= 0.6 is 0 Å². The van der Waals surface area contributed by atoms with Crippen molar-refractivity contribution < 1.29 is 13.2 Å². The third-order valence-corrected chi connectivity index (χ3v) is 7.81. The van der Waals surface area contributed by atoms with Gasteiger partial charge in [-0.05, 0) is 43.7 Å². The maximum Gasteiger partial charge on any atom is 0.243 e. The molecule has 3 rings (SSSR count). The summed E-state index contributed by atoms with van der Waals surface area (Å²) in [6.45, 7) is 3.38. The van der Waals surface area contributed by atoms with E-state index in [1.807, 2.05) is 19.1 Å². The first-order valence-electron chi connectivity index (χ1n) is 10.2. The van der Waals surface area contributed by atoms with Gasteiger partial charge in [0, 0.05) is 19.6 Å². The molecule has 6 heteroatoms. The summed E-state index contributed by atoms with van der Waals surface area (Å²) in [6.07, 6.45) is 8.52. The molecule has 1 unspecified atom stereocenters. The van der Waals surface area contributed by atoms with Gasteiger partial charge in [-0.3, -0.25) is 4.79 Å². The van der Waals surface area contributed by atoms with Gasteiger partial charge >= 0.3 is 0 Å². The van der Waals surface area contributed by atoms with E-state index < -0.39 is 10.0 Å². The molecule has 1 N–H and O–H groups in total. The quantitative estimate of drug-likeness (QED) is 0.781. The molecule has 1 aliphatic carbocycles. The van der Waals surface area contributed by atoms with Crippen LogP contribution < -0.4 is 5.32 Å². The molecule has 0 aromatic heterocycles. The Morgan fingerprint density at radius 1 is 1.07 bits per heavy atom. The smallest absolute Gasteiger partial charge is 0.243 e. The third kappa shape index (κ3) is 6.54. The Labute approximate surface area is 178 Å². The van der Waals surface area contributed by atoms with Gasteiger partial charge in [-0.1, -0.05) is 65.2 Å². The van der Waals surface area contributed by atoms with Crippen LogP contribution in [-0.4, -0.2) is 38.3 Å². The average molecular weight is 420 g/mol. The van der Waals surface area contributed by atoms with Gasteiger partial charge in [0.2, 0.25) is 15.9 Å². The number of carbonyl (C=O) groups excluding carboxylic acids is 1. The summed E-state index contributed by atoms with van der Waals surface area (Å²) in [5, 5.41) is 3.07. The molecule has 1 atom stereocenters. The fraction of sp³-hybridized carbons (Fsp3) is 0.565. The molecule has 0 bridgehead atoms. The summed E-state index contributed by atoms with van der Waals surface area (Å²) in [5.41, 5.74) is 0.773. The van der Waals surface area contributed by atoms with Crippen LogP contribution in [0.4, 0.5) is 0 Å². The normalized spacial score (nSPS) is 21.3. The molecule has 29 heavy (non-hydrogen) atoms. The molecule has 1 saturated carbocycles. The number of sulfonamides is 1. The average Bonchev–Trinajstić information content (AvgIpc) is 3.09. The monoisotopic (exact) mass is 419 g/mol. The number of amides is 1. The number of carbonyl (C=O) groups is 1. The number of rotatable bonds is 5. The summed E-state index contributed by atoms with van der Waals surface area (Å²) in [7, 11) is -3.45. The zero-order valence-electron chi connectivity index (χ0n) is 17.7. The van der Waals surface area contributed by atoms with E-state index in [1.165, 1.54) is 19.3 Å². The molecule has 1 aromatic rings. The minimum atomic E-state index is -3.45. The van der Waals surface area contributed by atoms with Crippen molar-refractivity contribution in [3.63, 3.8) is 0 Å². The minimum Gasteiger partial charge on any atom is -0.355 e. The molecule has 0 spiro atoms. The van der Waals surface area contributed by atoms with E-state index in [9.17, 15) is 13.2 Å². The van der Waals surface area contributed by atoms with Gasteiger partial charge in [0.1, 0.15) is 0 Å². The Kier molecular flexibility index (Phi) is 10.3. The topological polar surface area (TPSA) is 66.5 Å². The lowest BCUT2D eigenvalue weighted by molar-refractivity contribution is -0.120. The molecule has 2 aliphatic rings. The number of hydrogen-bond donors (Lipinski definition) is 1. The standard InChI is InChI=1S/C21H31N2O3S.2CH2/c1-17-9-7-8-12-20(17)27(25,26)23-14-13-18(16-23)15-22-21(24)19-10-5-3-2-4-6-11-19;;/h7-9,12,18H,2-6,10-11,13-16H2,1H3,(H,22,24);2*1H2. The highest BCUT2D eigenvalue weighted by atomic mass is 32.2. The number of hydrogen-bond acceptors (Lipinski definition) is 3. The molecule has 1 heterocycles. The van der Waals surface area contributed by atoms with Gasteiger partial charge in [-0.25, -0.2) is 8.42 Å². The minimum absolute atomic E-state index is 0. The van der Waals surface area contributed by atoms with E-state index in [2.05, 4.69) is 5.32 Å². The second-order valence-electron chi connectivity index (χ2n) is 7.86.